The summed E-state index contributed by atoms with van der Waals surface area (Å²) in [5, 5.41) is 4.73. The van der Waals surface area contributed by atoms with Crippen LogP contribution in [0.4, 0.5) is 0 Å². The van der Waals surface area contributed by atoms with Gasteiger partial charge >= 0.3 is 0 Å². The molecule has 1 amide bonds. The summed E-state index contributed by atoms with van der Waals surface area (Å²) in [6, 6.07) is 2.95. The fraction of sp³-hybridized carbons (Fsp3) is 0.615. The number of fused-ring (bicyclic) bond motifs is 2. The van der Waals surface area contributed by atoms with Crippen LogP contribution in [0.25, 0.3) is 0 Å². The zero-order valence-electron chi connectivity index (χ0n) is 9.96. The van der Waals surface area contributed by atoms with E-state index < -0.39 is 0 Å². The quantitative estimate of drug-likeness (QED) is 0.820. The van der Waals surface area contributed by atoms with Gasteiger partial charge in [0.2, 0.25) is 0 Å². The number of thioether (sulfide) groups is 1. The number of piperidine rings is 1. The van der Waals surface area contributed by atoms with E-state index in [2.05, 4.69) is 11.2 Å². The maximum absolute atomic E-state index is 12.4. The summed E-state index contributed by atoms with van der Waals surface area (Å²) in [6.07, 6.45) is 6.98. The molecule has 3 rings (SSSR count). The lowest BCUT2D eigenvalue weighted by Gasteiger charge is -2.38. The van der Waals surface area contributed by atoms with Crippen molar-refractivity contribution in [1.29, 1.82) is 0 Å². The third-order valence-corrected chi connectivity index (χ3v) is 5.76. The van der Waals surface area contributed by atoms with Crippen LogP contribution >= 0.6 is 23.1 Å². The number of carbonyl (C=O) groups is 1. The number of hydrogen-bond donors (Lipinski definition) is 0. The molecule has 92 valence electrons. The largest absolute Gasteiger partial charge is 0.333 e. The molecule has 2 fully saturated rings. The number of hydrogen-bond acceptors (Lipinski definition) is 3. The third-order valence-electron chi connectivity index (χ3n) is 4.03. The van der Waals surface area contributed by atoms with Crippen LogP contribution < -0.4 is 0 Å². The molecule has 3 atom stereocenters. The van der Waals surface area contributed by atoms with E-state index in [1.165, 1.54) is 25.7 Å². The zero-order valence-corrected chi connectivity index (χ0v) is 11.6. The molecule has 17 heavy (non-hydrogen) atoms. The summed E-state index contributed by atoms with van der Waals surface area (Å²) >= 11 is 3.58. The molecule has 1 aromatic rings. The van der Waals surface area contributed by atoms with Gasteiger partial charge in [0.15, 0.2) is 0 Å². The maximum atomic E-state index is 12.4. The monoisotopic (exact) mass is 267 g/mol. The molecule has 0 aliphatic carbocycles. The van der Waals surface area contributed by atoms with Gasteiger partial charge in [0, 0.05) is 22.7 Å². The van der Waals surface area contributed by atoms with Gasteiger partial charge in [-0.2, -0.15) is 23.1 Å². The smallest absolute Gasteiger partial charge is 0.255 e. The van der Waals surface area contributed by atoms with Gasteiger partial charge in [-0.05, 0) is 43.4 Å². The lowest BCUT2D eigenvalue weighted by atomic mass is 10.0. The van der Waals surface area contributed by atoms with Crippen molar-refractivity contribution in [2.45, 2.75) is 43.0 Å². The lowest BCUT2D eigenvalue weighted by molar-refractivity contribution is 0.0602. The molecule has 3 heterocycles. The highest BCUT2D eigenvalue weighted by molar-refractivity contribution is 7.99. The summed E-state index contributed by atoms with van der Waals surface area (Å²) in [5.74, 6) is 0.262. The molecule has 1 unspecified atom stereocenters. The van der Waals surface area contributed by atoms with Crippen LogP contribution in [0.1, 0.15) is 36.0 Å². The minimum Gasteiger partial charge on any atom is -0.333 e. The van der Waals surface area contributed by atoms with Crippen molar-refractivity contribution in [3.05, 3.63) is 22.4 Å². The summed E-state index contributed by atoms with van der Waals surface area (Å²) in [5.41, 5.74) is 0.884. The van der Waals surface area contributed by atoms with Gasteiger partial charge < -0.3 is 4.90 Å². The molecule has 0 aromatic carbocycles. The van der Waals surface area contributed by atoms with E-state index in [1.807, 2.05) is 28.6 Å². The number of carbonyl (C=O) groups excluding carboxylic acids is 1. The molecular weight excluding hydrogens is 250 g/mol. The van der Waals surface area contributed by atoms with Gasteiger partial charge in [0.25, 0.3) is 5.91 Å². The molecule has 1 aromatic heterocycles. The Morgan fingerprint density at radius 2 is 2.12 bits per heavy atom. The van der Waals surface area contributed by atoms with E-state index in [-0.39, 0.29) is 5.91 Å². The SMILES string of the molecule is CSC1C[C@H]2CC[C@@H](C1)N2C(=O)c1ccsc1. The summed E-state index contributed by atoms with van der Waals surface area (Å²) < 4.78 is 0. The molecule has 2 nitrogen and oxygen atoms in total. The van der Waals surface area contributed by atoms with Gasteiger partial charge in [0.05, 0.1) is 5.56 Å². The number of thiophene rings is 1. The predicted molar refractivity (Wildman–Crippen MR) is 73.8 cm³/mol. The Balaban J connectivity index is 1.79. The summed E-state index contributed by atoms with van der Waals surface area (Å²) in [6.45, 7) is 0. The molecule has 0 saturated carbocycles. The number of nitrogens with zero attached hydrogens (tertiary/aromatic N) is 1. The minimum absolute atomic E-state index is 0.262. The summed E-state index contributed by atoms with van der Waals surface area (Å²) in [7, 11) is 0. The molecule has 0 N–H and O–H groups in total. The first-order valence-corrected chi connectivity index (χ1v) is 8.40. The zero-order chi connectivity index (χ0) is 11.8. The average Bonchev–Trinajstić information content (AvgIpc) is 2.95. The molecular formula is C13H17NOS2. The van der Waals surface area contributed by atoms with Crippen molar-refractivity contribution >= 4 is 29.0 Å². The molecule has 0 radical (unpaired) electrons. The molecule has 2 saturated heterocycles. The second-order valence-corrected chi connectivity index (χ2v) is 6.86. The number of amides is 1. The molecule has 2 bridgehead atoms. The van der Waals surface area contributed by atoms with Crippen LogP contribution in [0.15, 0.2) is 16.8 Å². The Kier molecular flexibility index (Phi) is 3.17. The fourth-order valence-corrected chi connectivity index (χ4v) is 4.65. The number of rotatable bonds is 2. The van der Waals surface area contributed by atoms with Crippen molar-refractivity contribution in [2.24, 2.45) is 0 Å². The van der Waals surface area contributed by atoms with E-state index in [0.717, 1.165) is 10.8 Å². The molecule has 0 spiro atoms. The standard InChI is InChI=1S/C13H17NOS2/c1-16-12-6-10-2-3-11(7-12)14(10)13(15)9-4-5-17-8-9/h4-5,8,10-12H,2-3,6-7H2,1H3/t10-,11+,12?. The van der Waals surface area contributed by atoms with E-state index in [0.29, 0.717) is 12.1 Å². The first kappa shape index (κ1) is 11.6. The average molecular weight is 267 g/mol. The first-order chi connectivity index (χ1) is 8.29. The van der Waals surface area contributed by atoms with Crippen LogP contribution in [0.2, 0.25) is 0 Å². The van der Waals surface area contributed by atoms with Crippen molar-refractivity contribution < 1.29 is 4.79 Å². The third kappa shape index (κ3) is 2.02. The topological polar surface area (TPSA) is 20.3 Å². The van der Waals surface area contributed by atoms with Crippen LogP contribution in [0, 0.1) is 0 Å². The van der Waals surface area contributed by atoms with Crippen molar-refractivity contribution in [1.82, 2.24) is 4.90 Å². The second kappa shape index (κ2) is 4.65. The highest BCUT2D eigenvalue weighted by Gasteiger charge is 2.43. The Hall–Kier alpha value is -0.480. The van der Waals surface area contributed by atoms with Gasteiger partial charge in [0.1, 0.15) is 0 Å². The minimum atomic E-state index is 0.262. The van der Waals surface area contributed by atoms with Gasteiger partial charge in [-0.3, -0.25) is 4.79 Å². The van der Waals surface area contributed by atoms with Crippen LogP contribution in [-0.4, -0.2) is 34.4 Å². The van der Waals surface area contributed by atoms with Gasteiger partial charge in [-0.1, -0.05) is 0 Å². The van der Waals surface area contributed by atoms with Gasteiger partial charge in [-0.15, -0.1) is 0 Å². The van der Waals surface area contributed by atoms with Crippen LogP contribution in [0.5, 0.6) is 0 Å². The Morgan fingerprint density at radius 1 is 1.41 bits per heavy atom. The van der Waals surface area contributed by atoms with E-state index in [1.54, 1.807) is 11.3 Å². The van der Waals surface area contributed by atoms with E-state index in [9.17, 15) is 4.79 Å². The normalized spacial score (nSPS) is 31.8. The summed E-state index contributed by atoms with van der Waals surface area (Å²) in [4.78, 5) is 14.6. The van der Waals surface area contributed by atoms with Crippen molar-refractivity contribution in [3.63, 3.8) is 0 Å². The Bertz CT molecular complexity index is 390. The highest BCUT2D eigenvalue weighted by Crippen LogP contribution is 2.40. The van der Waals surface area contributed by atoms with Crippen molar-refractivity contribution in [3.8, 4) is 0 Å². The van der Waals surface area contributed by atoms with E-state index >= 15 is 0 Å². The molecule has 4 heteroatoms. The van der Waals surface area contributed by atoms with Crippen LogP contribution in [-0.2, 0) is 0 Å². The second-order valence-electron chi connectivity index (χ2n) is 4.94. The van der Waals surface area contributed by atoms with Crippen LogP contribution in [0.3, 0.4) is 0 Å². The Labute approximate surface area is 110 Å². The predicted octanol–water partition coefficient (Wildman–Crippen LogP) is 3.25. The first-order valence-electron chi connectivity index (χ1n) is 6.17. The van der Waals surface area contributed by atoms with Gasteiger partial charge in [-0.25, -0.2) is 0 Å². The lowest BCUT2D eigenvalue weighted by Crippen LogP contribution is -2.47. The molecule has 2 aliphatic rings. The highest BCUT2D eigenvalue weighted by atomic mass is 32.2. The Morgan fingerprint density at radius 3 is 2.65 bits per heavy atom. The van der Waals surface area contributed by atoms with Crippen molar-refractivity contribution in [2.75, 3.05) is 6.26 Å². The fourth-order valence-electron chi connectivity index (χ4n) is 3.19. The maximum Gasteiger partial charge on any atom is 0.255 e. The van der Waals surface area contributed by atoms with E-state index in [4.69, 9.17) is 0 Å². The molecule has 2 aliphatic heterocycles.